The van der Waals surface area contributed by atoms with E-state index in [4.69, 9.17) is 0 Å². The van der Waals surface area contributed by atoms with Crippen LogP contribution in [-0.4, -0.2) is 11.6 Å². The Kier molecular flexibility index (Phi) is 3.34. The van der Waals surface area contributed by atoms with Gasteiger partial charge in [0.2, 0.25) is 5.91 Å². The summed E-state index contributed by atoms with van der Waals surface area (Å²) in [5, 5.41) is 4.20. The van der Waals surface area contributed by atoms with E-state index in [1.54, 1.807) is 0 Å². The van der Waals surface area contributed by atoms with Crippen molar-refractivity contribution in [1.82, 2.24) is 5.43 Å². The van der Waals surface area contributed by atoms with E-state index in [9.17, 15) is 4.79 Å². The Morgan fingerprint density at radius 2 is 2.00 bits per heavy atom. The van der Waals surface area contributed by atoms with Crippen molar-refractivity contribution in [2.24, 2.45) is 5.10 Å². The van der Waals surface area contributed by atoms with Crippen LogP contribution in [0.25, 0.3) is 0 Å². The first-order chi connectivity index (χ1) is 7.77. The fourth-order valence-corrected chi connectivity index (χ4v) is 2.02. The minimum atomic E-state index is -0.116. The summed E-state index contributed by atoms with van der Waals surface area (Å²) in [6.07, 6.45) is 4.37. The number of amides is 1. The summed E-state index contributed by atoms with van der Waals surface area (Å²) in [6.45, 7) is 1.48. The van der Waals surface area contributed by atoms with Crippen LogP contribution in [-0.2, 0) is 11.2 Å². The molecule has 0 fully saturated rings. The summed E-state index contributed by atoms with van der Waals surface area (Å²) in [5.74, 6) is -0.116. The Bertz CT molecular complexity index is 424. The van der Waals surface area contributed by atoms with Crippen LogP contribution in [0.5, 0.6) is 0 Å². The van der Waals surface area contributed by atoms with E-state index in [0.717, 1.165) is 25.0 Å². The third kappa shape index (κ3) is 2.48. The molecule has 1 aliphatic rings. The second kappa shape index (κ2) is 4.92. The van der Waals surface area contributed by atoms with E-state index in [2.05, 4.69) is 28.7 Å². The zero-order chi connectivity index (χ0) is 11.4. The third-order valence-corrected chi connectivity index (χ3v) is 2.79. The van der Waals surface area contributed by atoms with Crippen LogP contribution in [0.15, 0.2) is 29.4 Å². The van der Waals surface area contributed by atoms with Gasteiger partial charge in [0.25, 0.3) is 0 Å². The summed E-state index contributed by atoms with van der Waals surface area (Å²) < 4.78 is 0. The second-order valence-electron chi connectivity index (χ2n) is 4.09. The van der Waals surface area contributed by atoms with Crippen LogP contribution in [0.1, 0.15) is 37.3 Å². The number of benzene rings is 1. The third-order valence-electron chi connectivity index (χ3n) is 2.79. The molecule has 1 aromatic carbocycles. The normalized spacial score (nSPS) is 17.7. The van der Waals surface area contributed by atoms with Gasteiger partial charge in [-0.25, -0.2) is 5.43 Å². The Morgan fingerprint density at radius 1 is 1.25 bits per heavy atom. The summed E-state index contributed by atoms with van der Waals surface area (Å²) >= 11 is 0. The first kappa shape index (κ1) is 10.9. The van der Waals surface area contributed by atoms with Crippen LogP contribution >= 0.6 is 0 Å². The van der Waals surface area contributed by atoms with Crippen molar-refractivity contribution in [3.63, 3.8) is 0 Å². The lowest BCUT2D eigenvalue weighted by molar-refractivity contribution is -0.118. The molecule has 84 valence electrons. The molecule has 0 aromatic heterocycles. The van der Waals surface area contributed by atoms with Crippen molar-refractivity contribution in [1.29, 1.82) is 0 Å². The van der Waals surface area contributed by atoms with Crippen LogP contribution in [0, 0.1) is 0 Å². The van der Waals surface area contributed by atoms with E-state index >= 15 is 0 Å². The number of hydrogen-bond acceptors (Lipinski definition) is 2. The largest absolute Gasteiger partial charge is 0.274 e. The van der Waals surface area contributed by atoms with E-state index in [1.807, 2.05) is 6.07 Å². The maximum absolute atomic E-state index is 10.9. The minimum Gasteiger partial charge on any atom is -0.274 e. The van der Waals surface area contributed by atoms with Crippen molar-refractivity contribution >= 4 is 11.6 Å². The highest BCUT2D eigenvalue weighted by Gasteiger charge is 2.13. The van der Waals surface area contributed by atoms with Crippen LogP contribution < -0.4 is 5.43 Å². The second-order valence-corrected chi connectivity index (χ2v) is 4.09. The molecular weight excluding hydrogens is 200 g/mol. The molecule has 1 amide bonds. The number of nitrogens with zero attached hydrogens (tertiary/aromatic N) is 1. The number of hydrogen-bond donors (Lipinski definition) is 1. The highest BCUT2D eigenvalue weighted by atomic mass is 16.2. The first-order valence-electron chi connectivity index (χ1n) is 5.69. The minimum absolute atomic E-state index is 0.116. The molecule has 1 N–H and O–H groups in total. The average molecular weight is 216 g/mol. The van der Waals surface area contributed by atoms with E-state index in [0.29, 0.717) is 0 Å². The van der Waals surface area contributed by atoms with Crippen molar-refractivity contribution in [2.75, 3.05) is 0 Å². The lowest BCUT2D eigenvalue weighted by Gasteiger charge is -2.07. The fourth-order valence-electron chi connectivity index (χ4n) is 2.02. The topological polar surface area (TPSA) is 41.5 Å². The molecule has 3 nitrogen and oxygen atoms in total. The van der Waals surface area contributed by atoms with Gasteiger partial charge in [-0.1, -0.05) is 24.3 Å². The molecule has 0 radical (unpaired) electrons. The van der Waals surface area contributed by atoms with E-state index < -0.39 is 0 Å². The highest BCUT2D eigenvalue weighted by Crippen LogP contribution is 2.20. The monoisotopic (exact) mass is 216 g/mol. The predicted molar refractivity (Wildman–Crippen MR) is 64.4 cm³/mol. The van der Waals surface area contributed by atoms with Crippen LogP contribution in [0.3, 0.4) is 0 Å². The van der Waals surface area contributed by atoms with Gasteiger partial charge < -0.3 is 0 Å². The first-order valence-corrected chi connectivity index (χ1v) is 5.69. The Morgan fingerprint density at radius 3 is 2.81 bits per heavy atom. The van der Waals surface area contributed by atoms with Crippen molar-refractivity contribution < 1.29 is 4.79 Å². The smallest absolute Gasteiger partial charge is 0.236 e. The summed E-state index contributed by atoms with van der Waals surface area (Å²) in [7, 11) is 0. The van der Waals surface area contributed by atoms with Crippen molar-refractivity contribution in [3.8, 4) is 0 Å². The lowest BCUT2D eigenvalue weighted by Crippen LogP contribution is -2.16. The molecule has 0 bridgehead atoms. The molecule has 0 saturated heterocycles. The molecule has 0 unspecified atom stereocenters. The number of aryl methyl sites for hydroxylation is 1. The Hall–Kier alpha value is -1.64. The molecule has 1 aliphatic carbocycles. The molecule has 0 saturated carbocycles. The zero-order valence-electron chi connectivity index (χ0n) is 9.49. The van der Waals surface area contributed by atoms with Gasteiger partial charge in [-0.15, -0.1) is 0 Å². The number of carbonyl (C=O) groups is 1. The van der Waals surface area contributed by atoms with Gasteiger partial charge in [-0.3, -0.25) is 4.79 Å². The zero-order valence-corrected chi connectivity index (χ0v) is 9.49. The van der Waals surface area contributed by atoms with Crippen molar-refractivity contribution in [2.45, 2.75) is 32.6 Å². The molecule has 1 aromatic rings. The molecule has 2 rings (SSSR count). The van der Waals surface area contributed by atoms with E-state index in [1.165, 1.54) is 24.5 Å². The molecule has 16 heavy (non-hydrogen) atoms. The van der Waals surface area contributed by atoms with Gasteiger partial charge in [0, 0.05) is 12.5 Å². The van der Waals surface area contributed by atoms with Gasteiger partial charge in [-0.05, 0) is 31.2 Å². The Labute approximate surface area is 95.6 Å². The molecule has 3 heteroatoms. The lowest BCUT2D eigenvalue weighted by atomic mass is 10.0. The molecule has 0 atom stereocenters. The average Bonchev–Trinajstić information content (AvgIpc) is 2.48. The number of carbonyl (C=O) groups excluding carboxylic acids is 1. The summed E-state index contributed by atoms with van der Waals surface area (Å²) in [4.78, 5) is 10.9. The van der Waals surface area contributed by atoms with E-state index in [-0.39, 0.29) is 5.91 Å². The Balaban J connectivity index is 2.32. The SMILES string of the molecule is CC(=O)N/N=C1/CCCCc2ccccc21. The quantitative estimate of drug-likeness (QED) is 0.567. The number of fused-ring (bicyclic) bond motifs is 1. The number of hydrazone groups is 1. The summed E-state index contributed by atoms with van der Waals surface area (Å²) in [6, 6.07) is 8.30. The van der Waals surface area contributed by atoms with Gasteiger partial charge in [0.15, 0.2) is 0 Å². The fraction of sp³-hybridized carbons (Fsp3) is 0.385. The maximum Gasteiger partial charge on any atom is 0.236 e. The predicted octanol–water partition coefficient (Wildman–Crippen LogP) is 2.25. The molecule has 0 spiro atoms. The standard InChI is InChI=1S/C13H16N2O/c1-10(16)14-15-13-9-5-3-7-11-6-2-4-8-12(11)13/h2,4,6,8H,3,5,7,9H2,1H3,(H,14,16)/b15-13-. The number of nitrogens with one attached hydrogen (secondary N) is 1. The van der Waals surface area contributed by atoms with Gasteiger partial charge in [-0.2, -0.15) is 5.10 Å². The van der Waals surface area contributed by atoms with Crippen molar-refractivity contribution in [3.05, 3.63) is 35.4 Å². The van der Waals surface area contributed by atoms with Crippen LogP contribution in [0.2, 0.25) is 0 Å². The number of rotatable bonds is 1. The van der Waals surface area contributed by atoms with Gasteiger partial charge >= 0.3 is 0 Å². The highest BCUT2D eigenvalue weighted by molar-refractivity contribution is 6.02. The van der Waals surface area contributed by atoms with Gasteiger partial charge in [0.1, 0.15) is 0 Å². The maximum atomic E-state index is 10.9. The summed E-state index contributed by atoms with van der Waals surface area (Å²) in [5.41, 5.74) is 6.06. The molecule has 0 heterocycles. The molecular formula is C13H16N2O. The van der Waals surface area contributed by atoms with Crippen LogP contribution in [0.4, 0.5) is 0 Å². The van der Waals surface area contributed by atoms with Gasteiger partial charge in [0.05, 0.1) is 5.71 Å². The molecule has 0 aliphatic heterocycles.